The van der Waals surface area contributed by atoms with E-state index >= 15 is 0 Å². The summed E-state index contributed by atoms with van der Waals surface area (Å²) < 4.78 is 5.94. The molecule has 1 fully saturated rings. The molecular weight excluding hydrogens is 392 g/mol. The molecule has 0 spiro atoms. The number of benzene rings is 3. The maximum absolute atomic E-state index is 13.0. The Hall–Kier alpha value is -4.19. The molecule has 4 rings (SSSR count). The van der Waals surface area contributed by atoms with Crippen molar-refractivity contribution >= 4 is 29.6 Å². The van der Waals surface area contributed by atoms with Crippen molar-refractivity contribution in [3.05, 3.63) is 101 Å². The molecule has 0 aliphatic carbocycles. The topological polar surface area (TPSA) is 75.7 Å². The van der Waals surface area contributed by atoms with Crippen molar-refractivity contribution < 1.29 is 19.1 Å². The number of ether oxygens (including phenoxy) is 1. The van der Waals surface area contributed by atoms with E-state index in [4.69, 9.17) is 4.74 Å². The van der Waals surface area contributed by atoms with Crippen LogP contribution in [0.15, 0.2) is 84.4 Å². The zero-order valence-corrected chi connectivity index (χ0v) is 16.9. The highest BCUT2D eigenvalue weighted by Crippen LogP contribution is 2.26. The number of hydrogen-bond donors (Lipinski definition) is 1. The monoisotopic (exact) mass is 412 g/mol. The van der Waals surface area contributed by atoms with Crippen molar-refractivity contribution in [2.24, 2.45) is 0 Å². The Morgan fingerprint density at radius 3 is 2.29 bits per heavy atom. The van der Waals surface area contributed by atoms with E-state index in [2.05, 4.69) is 5.32 Å². The van der Waals surface area contributed by atoms with Gasteiger partial charge in [-0.15, -0.1) is 0 Å². The molecule has 6 nitrogen and oxygen atoms in total. The summed E-state index contributed by atoms with van der Waals surface area (Å²) in [4.78, 5) is 38.7. The Labute approximate surface area is 179 Å². The fourth-order valence-electron chi connectivity index (χ4n) is 3.20. The van der Waals surface area contributed by atoms with Gasteiger partial charge in [-0.1, -0.05) is 66.2 Å². The molecule has 1 aliphatic rings. The molecule has 1 aliphatic heterocycles. The summed E-state index contributed by atoms with van der Waals surface area (Å²) in [6.45, 7) is 2.36. The SMILES string of the molecule is Cc1ccc(COc2ccccc2/C=C2\C(=O)NC(=O)N(c3ccccc3)C2=O)cc1. The number of rotatable bonds is 5. The van der Waals surface area contributed by atoms with E-state index < -0.39 is 17.8 Å². The first-order valence-corrected chi connectivity index (χ1v) is 9.77. The molecule has 0 radical (unpaired) electrons. The summed E-state index contributed by atoms with van der Waals surface area (Å²) in [7, 11) is 0. The van der Waals surface area contributed by atoms with Gasteiger partial charge in [0.1, 0.15) is 17.9 Å². The normalized spacial score (nSPS) is 15.2. The molecule has 0 atom stereocenters. The van der Waals surface area contributed by atoms with E-state index in [9.17, 15) is 14.4 Å². The average Bonchev–Trinajstić information content (AvgIpc) is 2.77. The van der Waals surface area contributed by atoms with E-state index in [1.807, 2.05) is 37.3 Å². The molecule has 1 heterocycles. The number of urea groups is 1. The van der Waals surface area contributed by atoms with E-state index in [0.29, 0.717) is 23.6 Å². The minimum absolute atomic E-state index is 0.144. The fourth-order valence-corrected chi connectivity index (χ4v) is 3.20. The minimum atomic E-state index is -0.776. The van der Waals surface area contributed by atoms with Crippen molar-refractivity contribution in [3.63, 3.8) is 0 Å². The number of barbiturate groups is 1. The zero-order chi connectivity index (χ0) is 21.8. The summed E-state index contributed by atoms with van der Waals surface area (Å²) in [6, 6.07) is 22.8. The standard InChI is InChI=1S/C25H20N2O4/c1-17-11-13-18(14-12-17)16-31-22-10-6-5-7-19(22)15-21-23(28)26-25(30)27(24(21)29)20-8-3-2-4-9-20/h2-15H,16H2,1H3,(H,26,28,30)/b21-15+. The number of amides is 4. The van der Waals surface area contributed by atoms with E-state index in [-0.39, 0.29) is 5.57 Å². The third-order valence-electron chi connectivity index (χ3n) is 4.85. The van der Waals surface area contributed by atoms with Crippen LogP contribution in [-0.2, 0) is 16.2 Å². The minimum Gasteiger partial charge on any atom is -0.488 e. The van der Waals surface area contributed by atoms with E-state index in [1.165, 1.54) is 6.08 Å². The first-order valence-electron chi connectivity index (χ1n) is 9.77. The highest BCUT2D eigenvalue weighted by Gasteiger charge is 2.36. The van der Waals surface area contributed by atoms with Gasteiger partial charge >= 0.3 is 6.03 Å². The van der Waals surface area contributed by atoms with Gasteiger partial charge in [-0.05, 0) is 36.8 Å². The summed E-state index contributed by atoms with van der Waals surface area (Å²) >= 11 is 0. The lowest BCUT2D eigenvalue weighted by Gasteiger charge is -2.26. The smallest absolute Gasteiger partial charge is 0.335 e. The van der Waals surface area contributed by atoms with Crippen LogP contribution in [0.5, 0.6) is 5.75 Å². The molecule has 0 saturated carbocycles. The number of aryl methyl sites for hydroxylation is 1. The molecule has 3 aromatic rings. The first kappa shape index (κ1) is 20.1. The van der Waals surface area contributed by atoms with Crippen LogP contribution in [0.3, 0.4) is 0 Å². The van der Waals surface area contributed by atoms with Gasteiger partial charge in [-0.2, -0.15) is 0 Å². The Bertz CT molecular complexity index is 1170. The number of carbonyl (C=O) groups is 3. The van der Waals surface area contributed by atoms with Gasteiger partial charge in [0.2, 0.25) is 0 Å². The number of imide groups is 2. The van der Waals surface area contributed by atoms with Gasteiger partial charge in [0.25, 0.3) is 11.8 Å². The number of anilines is 1. The van der Waals surface area contributed by atoms with Crippen LogP contribution in [0.2, 0.25) is 0 Å². The maximum Gasteiger partial charge on any atom is 0.335 e. The summed E-state index contributed by atoms with van der Waals surface area (Å²) in [5.41, 5.74) is 2.96. The average molecular weight is 412 g/mol. The Morgan fingerprint density at radius 2 is 1.55 bits per heavy atom. The van der Waals surface area contributed by atoms with Gasteiger partial charge in [-0.25, -0.2) is 9.69 Å². The Balaban J connectivity index is 1.62. The predicted molar refractivity (Wildman–Crippen MR) is 117 cm³/mol. The second-order valence-electron chi connectivity index (χ2n) is 7.11. The summed E-state index contributed by atoms with van der Waals surface area (Å²) in [5, 5.41) is 2.23. The first-order chi connectivity index (χ1) is 15.0. The largest absolute Gasteiger partial charge is 0.488 e. The van der Waals surface area contributed by atoms with Gasteiger partial charge in [0.05, 0.1) is 5.69 Å². The maximum atomic E-state index is 13.0. The quantitative estimate of drug-likeness (QED) is 0.502. The van der Waals surface area contributed by atoms with Crippen LogP contribution < -0.4 is 15.0 Å². The van der Waals surface area contributed by atoms with Gasteiger partial charge in [0.15, 0.2) is 0 Å². The summed E-state index contributed by atoms with van der Waals surface area (Å²) in [5.74, 6) is -0.900. The zero-order valence-electron chi connectivity index (χ0n) is 16.9. The van der Waals surface area contributed by atoms with Gasteiger partial charge in [-0.3, -0.25) is 14.9 Å². The molecule has 6 heteroatoms. The van der Waals surface area contributed by atoms with Gasteiger partial charge < -0.3 is 4.74 Å². The second kappa shape index (κ2) is 8.67. The molecule has 4 amide bonds. The van der Waals surface area contributed by atoms with E-state index in [0.717, 1.165) is 16.0 Å². The highest BCUT2D eigenvalue weighted by molar-refractivity contribution is 6.39. The predicted octanol–water partition coefficient (Wildman–Crippen LogP) is 4.24. The van der Waals surface area contributed by atoms with Crippen molar-refractivity contribution in [3.8, 4) is 5.75 Å². The van der Waals surface area contributed by atoms with Crippen LogP contribution in [0, 0.1) is 6.92 Å². The van der Waals surface area contributed by atoms with Crippen LogP contribution in [0.25, 0.3) is 6.08 Å². The van der Waals surface area contributed by atoms with Crippen LogP contribution in [0.1, 0.15) is 16.7 Å². The molecular formula is C25H20N2O4. The lowest BCUT2D eigenvalue weighted by molar-refractivity contribution is -0.122. The molecule has 1 saturated heterocycles. The number of para-hydroxylation sites is 2. The molecule has 0 bridgehead atoms. The molecule has 154 valence electrons. The fraction of sp³-hybridized carbons (Fsp3) is 0.0800. The molecule has 31 heavy (non-hydrogen) atoms. The summed E-state index contributed by atoms with van der Waals surface area (Å²) in [6.07, 6.45) is 1.45. The number of hydrogen-bond acceptors (Lipinski definition) is 4. The highest BCUT2D eigenvalue weighted by atomic mass is 16.5. The van der Waals surface area contributed by atoms with Crippen LogP contribution in [0.4, 0.5) is 10.5 Å². The molecule has 0 unspecified atom stereocenters. The Kier molecular flexibility index (Phi) is 5.62. The lowest BCUT2D eigenvalue weighted by Crippen LogP contribution is -2.54. The third-order valence-corrected chi connectivity index (χ3v) is 4.85. The van der Waals surface area contributed by atoms with Crippen molar-refractivity contribution in [1.29, 1.82) is 0 Å². The second-order valence-corrected chi connectivity index (χ2v) is 7.11. The van der Waals surface area contributed by atoms with Crippen LogP contribution in [-0.4, -0.2) is 17.8 Å². The van der Waals surface area contributed by atoms with Crippen molar-refractivity contribution in [2.45, 2.75) is 13.5 Å². The third kappa shape index (κ3) is 4.38. The Morgan fingerprint density at radius 1 is 0.871 bits per heavy atom. The van der Waals surface area contributed by atoms with Crippen molar-refractivity contribution in [2.75, 3.05) is 4.90 Å². The van der Waals surface area contributed by atoms with E-state index in [1.54, 1.807) is 48.5 Å². The number of nitrogens with one attached hydrogen (secondary N) is 1. The van der Waals surface area contributed by atoms with Gasteiger partial charge in [0, 0.05) is 5.56 Å². The number of nitrogens with zero attached hydrogens (tertiary/aromatic N) is 1. The number of carbonyl (C=O) groups excluding carboxylic acids is 3. The van der Waals surface area contributed by atoms with Crippen molar-refractivity contribution in [1.82, 2.24) is 5.32 Å². The molecule has 3 aromatic carbocycles. The lowest BCUT2D eigenvalue weighted by atomic mass is 10.1. The molecule has 0 aromatic heterocycles. The van der Waals surface area contributed by atoms with Crippen LogP contribution >= 0.6 is 0 Å². The molecule has 1 N–H and O–H groups in total.